The third-order valence-corrected chi connectivity index (χ3v) is 5.29. The van der Waals surface area contributed by atoms with Crippen LogP contribution in [0.15, 0.2) is 71.1 Å². The highest BCUT2D eigenvalue weighted by molar-refractivity contribution is 7.98. The summed E-state index contributed by atoms with van der Waals surface area (Å²) >= 11 is 7.99. The number of pyridine rings is 1. The number of aromatic nitrogens is 4. The van der Waals surface area contributed by atoms with Crippen LogP contribution in [0.25, 0.3) is 22.5 Å². The summed E-state index contributed by atoms with van der Waals surface area (Å²) in [4.78, 5) is 4.49. The molecule has 0 saturated carbocycles. The maximum absolute atomic E-state index is 6.43. The van der Waals surface area contributed by atoms with Gasteiger partial charge in [0.15, 0.2) is 10.9 Å². The first-order chi connectivity index (χ1) is 12.8. The monoisotopic (exact) mass is 382 g/mol. The van der Waals surface area contributed by atoms with Crippen LogP contribution in [0.1, 0.15) is 5.56 Å². The summed E-state index contributed by atoms with van der Waals surface area (Å²) in [5, 5.41) is 11.1. The molecule has 0 amide bonds. The SMILES string of the molecule is C=CCn1c(SCc2c(Cl)ccc3cccnc23)nnc1-c1ccco1. The lowest BCUT2D eigenvalue weighted by Crippen LogP contribution is -2.00. The molecule has 7 heteroatoms. The van der Waals surface area contributed by atoms with E-state index < -0.39 is 0 Å². The Labute approximate surface area is 159 Å². The Balaban J connectivity index is 1.67. The largest absolute Gasteiger partial charge is 0.461 e. The Morgan fingerprint density at radius 2 is 2.12 bits per heavy atom. The van der Waals surface area contributed by atoms with Gasteiger partial charge in [0.2, 0.25) is 5.82 Å². The van der Waals surface area contributed by atoms with Crippen molar-refractivity contribution in [2.75, 3.05) is 0 Å². The lowest BCUT2D eigenvalue weighted by atomic mass is 10.1. The molecule has 5 nitrogen and oxygen atoms in total. The van der Waals surface area contributed by atoms with Gasteiger partial charge in [-0.2, -0.15) is 0 Å². The van der Waals surface area contributed by atoms with E-state index in [4.69, 9.17) is 16.0 Å². The molecule has 130 valence electrons. The second-order valence-electron chi connectivity index (χ2n) is 5.57. The zero-order valence-electron chi connectivity index (χ0n) is 13.8. The lowest BCUT2D eigenvalue weighted by molar-refractivity contribution is 0.569. The van der Waals surface area contributed by atoms with E-state index in [9.17, 15) is 0 Å². The van der Waals surface area contributed by atoms with Crippen molar-refractivity contribution < 1.29 is 4.42 Å². The van der Waals surface area contributed by atoms with E-state index in [1.165, 1.54) is 0 Å². The summed E-state index contributed by atoms with van der Waals surface area (Å²) in [5.74, 6) is 2.00. The van der Waals surface area contributed by atoms with Gasteiger partial charge in [-0.25, -0.2) is 0 Å². The fourth-order valence-corrected chi connectivity index (χ4v) is 4.01. The number of rotatable bonds is 6. The number of nitrogens with zero attached hydrogens (tertiary/aromatic N) is 4. The van der Waals surface area contributed by atoms with Gasteiger partial charge in [-0.3, -0.25) is 9.55 Å². The van der Waals surface area contributed by atoms with Crippen LogP contribution in [0.4, 0.5) is 0 Å². The number of hydrogen-bond donors (Lipinski definition) is 0. The van der Waals surface area contributed by atoms with Gasteiger partial charge in [-0.05, 0) is 24.3 Å². The standard InChI is InChI=1S/C19H15ClN4OS/c1-2-10-24-18(16-6-4-11-25-16)22-23-19(24)26-12-14-15(20)8-7-13-5-3-9-21-17(13)14/h2-9,11H,1,10,12H2. The third-order valence-electron chi connectivity index (χ3n) is 3.94. The van der Waals surface area contributed by atoms with Gasteiger partial charge in [0.1, 0.15) is 0 Å². The molecular formula is C19H15ClN4OS. The molecule has 0 bridgehead atoms. The molecule has 3 heterocycles. The Kier molecular flexibility index (Phi) is 4.77. The minimum Gasteiger partial charge on any atom is -0.461 e. The Morgan fingerprint density at radius 1 is 1.19 bits per heavy atom. The minimum atomic E-state index is 0.590. The van der Waals surface area contributed by atoms with Gasteiger partial charge in [0.05, 0.1) is 11.8 Å². The molecule has 4 rings (SSSR count). The second-order valence-corrected chi connectivity index (χ2v) is 6.92. The molecule has 3 aromatic heterocycles. The molecule has 0 radical (unpaired) electrons. The summed E-state index contributed by atoms with van der Waals surface area (Å²) in [6, 6.07) is 11.5. The quantitative estimate of drug-likeness (QED) is 0.338. The molecule has 0 saturated heterocycles. The van der Waals surface area contributed by atoms with Gasteiger partial charge in [0.25, 0.3) is 0 Å². The number of hydrogen-bond acceptors (Lipinski definition) is 5. The molecule has 0 spiro atoms. The molecule has 0 fully saturated rings. The first-order valence-electron chi connectivity index (χ1n) is 8.01. The van der Waals surface area contributed by atoms with Crippen molar-refractivity contribution in [2.24, 2.45) is 0 Å². The van der Waals surface area contributed by atoms with E-state index >= 15 is 0 Å². The maximum Gasteiger partial charge on any atom is 0.200 e. The van der Waals surface area contributed by atoms with Crippen LogP contribution in [0.2, 0.25) is 5.02 Å². The van der Waals surface area contributed by atoms with E-state index in [0.29, 0.717) is 28.9 Å². The molecule has 0 aliphatic heterocycles. The highest BCUT2D eigenvalue weighted by atomic mass is 35.5. The van der Waals surface area contributed by atoms with E-state index in [2.05, 4.69) is 21.8 Å². The van der Waals surface area contributed by atoms with Crippen LogP contribution in [-0.2, 0) is 12.3 Å². The predicted molar refractivity (Wildman–Crippen MR) is 104 cm³/mol. The summed E-state index contributed by atoms with van der Waals surface area (Å²) in [7, 11) is 0. The average molecular weight is 383 g/mol. The van der Waals surface area contributed by atoms with Gasteiger partial charge in [-0.1, -0.05) is 41.6 Å². The van der Waals surface area contributed by atoms with Crippen molar-refractivity contribution in [2.45, 2.75) is 17.5 Å². The van der Waals surface area contributed by atoms with Crippen LogP contribution in [-0.4, -0.2) is 19.7 Å². The van der Waals surface area contributed by atoms with Gasteiger partial charge < -0.3 is 4.42 Å². The summed E-state index contributed by atoms with van der Waals surface area (Å²) in [6.45, 7) is 4.42. The fourth-order valence-electron chi connectivity index (χ4n) is 2.73. The Morgan fingerprint density at radius 3 is 2.92 bits per heavy atom. The lowest BCUT2D eigenvalue weighted by Gasteiger charge is -2.09. The molecule has 1 aromatic carbocycles. The highest BCUT2D eigenvalue weighted by Crippen LogP contribution is 2.32. The zero-order valence-corrected chi connectivity index (χ0v) is 15.4. The van der Waals surface area contributed by atoms with Crippen LogP contribution in [0.3, 0.4) is 0 Å². The molecule has 0 aliphatic carbocycles. The molecule has 0 N–H and O–H groups in total. The minimum absolute atomic E-state index is 0.590. The Hall–Kier alpha value is -2.57. The summed E-state index contributed by atoms with van der Waals surface area (Å²) < 4.78 is 7.44. The highest BCUT2D eigenvalue weighted by Gasteiger charge is 2.17. The van der Waals surface area contributed by atoms with Crippen LogP contribution in [0.5, 0.6) is 0 Å². The number of benzene rings is 1. The molecular weight excluding hydrogens is 368 g/mol. The molecule has 0 unspecified atom stereocenters. The van der Waals surface area contributed by atoms with E-state index in [-0.39, 0.29) is 0 Å². The van der Waals surface area contributed by atoms with Gasteiger partial charge in [0, 0.05) is 34.5 Å². The van der Waals surface area contributed by atoms with Crippen molar-refractivity contribution in [3.63, 3.8) is 0 Å². The molecule has 0 aliphatic rings. The first kappa shape index (κ1) is 16.9. The van der Waals surface area contributed by atoms with Gasteiger partial charge in [-0.15, -0.1) is 16.8 Å². The average Bonchev–Trinajstić information content (AvgIpc) is 3.31. The maximum atomic E-state index is 6.43. The van der Waals surface area contributed by atoms with Gasteiger partial charge >= 0.3 is 0 Å². The fraction of sp³-hybridized carbons (Fsp3) is 0.105. The van der Waals surface area contributed by atoms with E-state index in [0.717, 1.165) is 21.6 Å². The number of thioether (sulfide) groups is 1. The van der Waals surface area contributed by atoms with Crippen LogP contribution in [0, 0.1) is 0 Å². The second kappa shape index (κ2) is 7.35. The van der Waals surface area contributed by atoms with Crippen molar-refractivity contribution in [3.05, 3.63) is 72.1 Å². The summed E-state index contributed by atoms with van der Waals surface area (Å²) in [6.07, 6.45) is 5.21. The topological polar surface area (TPSA) is 56.7 Å². The third kappa shape index (κ3) is 3.13. The zero-order chi connectivity index (χ0) is 17.9. The van der Waals surface area contributed by atoms with Crippen LogP contribution >= 0.6 is 23.4 Å². The Bertz CT molecular complexity index is 1060. The smallest absolute Gasteiger partial charge is 0.200 e. The van der Waals surface area contributed by atoms with E-state index in [1.807, 2.05) is 47.0 Å². The van der Waals surface area contributed by atoms with Crippen molar-refractivity contribution >= 4 is 34.3 Å². The van der Waals surface area contributed by atoms with E-state index in [1.54, 1.807) is 24.2 Å². The number of allylic oxidation sites excluding steroid dienone is 1. The van der Waals surface area contributed by atoms with Crippen molar-refractivity contribution in [1.29, 1.82) is 0 Å². The predicted octanol–water partition coefficient (Wildman–Crippen LogP) is 5.22. The van der Waals surface area contributed by atoms with Crippen molar-refractivity contribution in [3.8, 4) is 11.6 Å². The van der Waals surface area contributed by atoms with Crippen molar-refractivity contribution in [1.82, 2.24) is 19.7 Å². The van der Waals surface area contributed by atoms with Crippen LogP contribution < -0.4 is 0 Å². The normalized spacial score (nSPS) is 11.1. The molecule has 4 aromatic rings. The number of halogens is 1. The molecule has 0 atom stereocenters. The number of fused-ring (bicyclic) bond motifs is 1. The number of furan rings is 1. The summed E-state index contributed by atoms with van der Waals surface area (Å²) in [5.41, 5.74) is 1.90. The first-order valence-corrected chi connectivity index (χ1v) is 9.37. The molecule has 26 heavy (non-hydrogen) atoms.